The third-order valence-electron chi connectivity index (χ3n) is 6.83. The van der Waals surface area contributed by atoms with Crippen LogP contribution in [0.5, 0.6) is 0 Å². The van der Waals surface area contributed by atoms with E-state index < -0.39 is 23.8 Å². The topological polar surface area (TPSA) is 108 Å². The van der Waals surface area contributed by atoms with E-state index in [9.17, 15) is 14.7 Å². The number of hydrogen-bond donors (Lipinski definition) is 2. The minimum absolute atomic E-state index is 0.0145. The molecule has 2 heterocycles. The molecule has 10 heteroatoms. The quantitative estimate of drug-likeness (QED) is 0.605. The third kappa shape index (κ3) is 6.33. The second-order valence-corrected chi connectivity index (χ2v) is 11.4. The highest BCUT2D eigenvalue weighted by Gasteiger charge is 2.37. The SMILES string of the molecule is C[C@@H]1C[C@@H](O)c2ncnc(N3CCN(C(=O)[C@@H](Cc4ccc(Cl)cc4)NC(=O)OC(C)(C)C)C[C@@H]3C)c21. The number of fused-ring (bicyclic) bond motifs is 1. The smallest absolute Gasteiger partial charge is 0.408 e. The van der Waals surface area contributed by atoms with Crippen LogP contribution in [0.2, 0.25) is 5.02 Å². The standard InChI is InChI=1S/C27H36ClN5O4/c1-16-12-21(34)23-22(16)24(30-15-29-23)33-11-10-32(14-17(33)2)25(35)20(31-26(36)37-27(3,4)5)13-18-6-8-19(28)9-7-18/h6-9,15-17,20-21,34H,10-14H2,1-5H3,(H,31,36)/t16-,17+,20-,21-/m1/s1. The van der Waals surface area contributed by atoms with E-state index in [4.69, 9.17) is 16.3 Å². The van der Waals surface area contributed by atoms with E-state index in [0.717, 1.165) is 16.9 Å². The van der Waals surface area contributed by atoms with E-state index in [1.165, 1.54) is 6.33 Å². The van der Waals surface area contributed by atoms with Gasteiger partial charge >= 0.3 is 6.09 Å². The minimum Gasteiger partial charge on any atom is -0.444 e. The number of amides is 2. The predicted molar refractivity (Wildman–Crippen MR) is 142 cm³/mol. The monoisotopic (exact) mass is 529 g/mol. The number of halogens is 1. The van der Waals surface area contributed by atoms with E-state index >= 15 is 0 Å². The fourth-order valence-electron chi connectivity index (χ4n) is 5.13. The zero-order valence-corrected chi connectivity index (χ0v) is 22.8. The molecule has 0 bridgehead atoms. The molecule has 0 saturated carbocycles. The van der Waals surface area contributed by atoms with Gasteiger partial charge in [-0.2, -0.15) is 0 Å². The van der Waals surface area contributed by atoms with Crippen molar-refractivity contribution >= 4 is 29.4 Å². The van der Waals surface area contributed by atoms with Crippen LogP contribution in [-0.2, 0) is 16.0 Å². The number of alkyl carbamates (subject to hydrolysis) is 1. The largest absolute Gasteiger partial charge is 0.444 e. The number of hydrogen-bond acceptors (Lipinski definition) is 7. The summed E-state index contributed by atoms with van der Waals surface area (Å²) in [5.41, 5.74) is 1.90. The number of nitrogens with zero attached hydrogens (tertiary/aromatic N) is 4. The van der Waals surface area contributed by atoms with Gasteiger partial charge in [-0.3, -0.25) is 4.79 Å². The van der Waals surface area contributed by atoms with E-state index in [2.05, 4.69) is 34.0 Å². The van der Waals surface area contributed by atoms with Crippen molar-refractivity contribution in [3.63, 3.8) is 0 Å². The van der Waals surface area contributed by atoms with E-state index in [1.807, 2.05) is 12.1 Å². The van der Waals surface area contributed by atoms with Crippen LogP contribution in [0, 0.1) is 0 Å². The molecule has 1 fully saturated rings. The summed E-state index contributed by atoms with van der Waals surface area (Å²) in [5.74, 6) is 0.831. The summed E-state index contributed by atoms with van der Waals surface area (Å²) in [6, 6.07) is 6.44. The average Bonchev–Trinajstić information content (AvgIpc) is 3.12. The van der Waals surface area contributed by atoms with Gasteiger partial charge in [-0.1, -0.05) is 30.7 Å². The molecule has 37 heavy (non-hydrogen) atoms. The molecular formula is C27H36ClN5O4. The van der Waals surface area contributed by atoms with Gasteiger partial charge in [0.1, 0.15) is 23.8 Å². The maximum absolute atomic E-state index is 13.7. The molecule has 2 amide bonds. The first-order chi connectivity index (χ1) is 17.4. The van der Waals surface area contributed by atoms with Crippen molar-refractivity contribution in [2.24, 2.45) is 0 Å². The molecule has 200 valence electrons. The van der Waals surface area contributed by atoms with Crippen molar-refractivity contribution in [1.82, 2.24) is 20.2 Å². The number of aliphatic hydroxyl groups is 1. The Balaban J connectivity index is 1.50. The van der Waals surface area contributed by atoms with Gasteiger partial charge in [0.15, 0.2) is 0 Å². The van der Waals surface area contributed by atoms with Gasteiger partial charge in [0.25, 0.3) is 0 Å². The average molecular weight is 530 g/mol. The summed E-state index contributed by atoms with van der Waals surface area (Å²) < 4.78 is 5.44. The van der Waals surface area contributed by atoms with Crippen LogP contribution < -0.4 is 10.2 Å². The number of carbonyl (C=O) groups excluding carboxylic acids is 2. The number of ether oxygens (including phenoxy) is 1. The Hall–Kier alpha value is -2.91. The van der Waals surface area contributed by atoms with Crippen LogP contribution in [0.4, 0.5) is 10.6 Å². The minimum atomic E-state index is -0.784. The molecule has 9 nitrogen and oxygen atoms in total. The Morgan fingerprint density at radius 1 is 1.19 bits per heavy atom. The van der Waals surface area contributed by atoms with Crippen LogP contribution >= 0.6 is 11.6 Å². The fourth-order valence-corrected chi connectivity index (χ4v) is 5.26. The number of nitrogens with one attached hydrogen (secondary N) is 1. The first-order valence-corrected chi connectivity index (χ1v) is 13.1. The van der Waals surface area contributed by atoms with Crippen LogP contribution in [0.3, 0.4) is 0 Å². The Morgan fingerprint density at radius 2 is 1.89 bits per heavy atom. The Kier molecular flexibility index (Phi) is 7.94. The maximum atomic E-state index is 13.7. The van der Waals surface area contributed by atoms with Crippen molar-refractivity contribution in [3.8, 4) is 0 Å². The predicted octanol–water partition coefficient (Wildman–Crippen LogP) is 3.84. The van der Waals surface area contributed by atoms with E-state index in [-0.39, 0.29) is 17.9 Å². The number of anilines is 1. The van der Waals surface area contributed by atoms with Crippen LogP contribution in [0.1, 0.15) is 69.9 Å². The number of carbonyl (C=O) groups is 2. The summed E-state index contributed by atoms with van der Waals surface area (Å²) in [6.45, 7) is 11.0. The van der Waals surface area contributed by atoms with Crippen molar-refractivity contribution in [1.29, 1.82) is 0 Å². The van der Waals surface area contributed by atoms with Crippen molar-refractivity contribution < 1.29 is 19.4 Å². The molecule has 2 aromatic rings. The van der Waals surface area contributed by atoms with Gasteiger partial charge in [0, 0.05) is 42.7 Å². The van der Waals surface area contributed by atoms with Crippen LogP contribution in [-0.4, -0.2) is 69.3 Å². The van der Waals surface area contributed by atoms with Crippen molar-refractivity contribution in [2.45, 2.75) is 77.2 Å². The molecule has 2 aliphatic rings. The Morgan fingerprint density at radius 3 is 2.54 bits per heavy atom. The normalized spacial score (nSPS) is 22.4. The molecule has 1 aromatic carbocycles. The lowest BCUT2D eigenvalue weighted by Gasteiger charge is -2.42. The Bertz CT molecular complexity index is 1140. The van der Waals surface area contributed by atoms with Gasteiger partial charge in [0.2, 0.25) is 5.91 Å². The molecule has 4 rings (SSSR count). The maximum Gasteiger partial charge on any atom is 0.408 e. The molecule has 2 N–H and O–H groups in total. The first-order valence-electron chi connectivity index (χ1n) is 12.7. The third-order valence-corrected chi connectivity index (χ3v) is 7.08. The molecule has 1 aromatic heterocycles. The van der Waals surface area contributed by atoms with Gasteiger partial charge in [-0.15, -0.1) is 0 Å². The molecule has 0 unspecified atom stereocenters. The Labute approximate surface area is 223 Å². The highest BCUT2D eigenvalue weighted by Crippen LogP contribution is 2.43. The molecule has 1 aliphatic carbocycles. The fraction of sp³-hybridized carbons (Fsp3) is 0.556. The van der Waals surface area contributed by atoms with Gasteiger partial charge < -0.3 is 25.0 Å². The zero-order valence-electron chi connectivity index (χ0n) is 22.1. The molecule has 0 radical (unpaired) electrons. The van der Waals surface area contributed by atoms with Crippen molar-refractivity contribution in [3.05, 3.63) is 52.4 Å². The highest BCUT2D eigenvalue weighted by molar-refractivity contribution is 6.30. The highest BCUT2D eigenvalue weighted by atomic mass is 35.5. The molecule has 4 atom stereocenters. The summed E-state index contributed by atoms with van der Waals surface area (Å²) in [4.78, 5) is 39.2. The number of aromatic nitrogens is 2. The van der Waals surface area contributed by atoms with Gasteiger partial charge in [-0.25, -0.2) is 14.8 Å². The van der Waals surface area contributed by atoms with Crippen LogP contribution in [0.15, 0.2) is 30.6 Å². The van der Waals surface area contributed by atoms with Crippen LogP contribution in [0.25, 0.3) is 0 Å². The van der Waals surface area contributed by atoms with E-state index in [0.29, 0.717) is 43.2 Å². The molecule has 0 spiro atoms. The number of piperazine rings is 1. The summed E-state index contributed by atoms with van der Waals surface area (Å²) in [5, 5.41) is 13.8. The van der Waals surface area contributed by atoms with E-state index in [1.54, 1.807) is 37.8 Å². The lowest BCUT2D eigenvalue weighted by molar-refractivity contribution is -0.134. The summed E-state index contributed by atoms with van der Waals surface area (Å²) >= 11 is 6.03. The lowest BCUT2D eigenvalue weighted by Crippen LogP contribution is -2.59. The van der Waals surface area contributed by atoms with Gasteiger partial charge in [0.05, 0.1) is 11.8 Å². The van der Waals surface area contributed by atoms with Gasteiger partial charge in [-0.05, 0) is 57.7 Å². The number of aliphatic hydroxyl groups excluding tert-OH is 1. The molecular weight excluding hydrogens is 494 g/mol. The molecule has 1 saturated heterocycles. The summed E-state index contributed by atoms with van der Waals surface area (Å²) in [7, 11) is 0. The second-order valence-electron chi connectivity index (χ2n) is 11.0. The first kappa shape index (κ1) is 27.1. The lowest BCUT2D eigenvalue weighted by atomic mass is 10.0. The second kappa shape index (κ2) is 10.8. The molecule has 1 aliphatic heterocycles. The number of rotatable bonds is 5. The zero-order chi connectivity index (χ0) is 26.9. The number of benzene rings is 1. The summed E-state index contributed by atoms with van der Waals surface area (Å²) in [6.07, 6.45) is 1.26. The van der Waals surface area contributed by atoms with Crippen molar-refractivity contribution in [2.75, 3.05) is 24.5 Å².